The summed E-state index contributed by atoms with van der Waals surface area (Å²) < 4.78 is 38.6. The molecule has 0 radical (unpaired) electrons. The van der Waals surface area contributed by atoms with Crippen LogP contribution >= 0.6 is 11.8 Å². The van der Waals surface area contributed by atoms with Crippen LogP contribution in [0.1, 0.15) is 16.8 Å². The van der Waals surface area contributed by atoms with E-state index in [0.717, 1.165) is 59.4 Å². The molecule has 2 aromatic carbocycles. The van der Waals surface area contributed by atoms with Crippen LogP contribution in [-0.4, -0.2) is 21.6 Å². The molecular weight excluding hydrogens is 399 g/mol. The molecule has 29 heavy (non-hydrogen) atoms. The summed E-state index contributed by atoms with van der Waals surface area (Å²) in [5, 5.41) is -0.0791. The highest BCUT2D eigenvalue weighted by Crippen LogP contribution is 2.36. The third-order valence-corrected chi connectivity index (χ3v) is 5.47. The first kappa shape index (κ1) is 19.4. The molecule has 1 aliphatic rings. The minimum Gasteiger partial charge on any atom is -0.280 e. The van der Waals surface area contributed by atoms with Gasteiger partial charge in [0.05, 0.1) is 17.1 Å². The van der Waals surface area contributed by atoms with E-state index in [2.05, 4.69) is 9.97 Å². The SMILES string of the molecule is O=C(CSc1nccc(C(F)(F)F)n1)N1c2ccccc2CCc2ccccc21. The first-order valence-corrected chi connectivity index (χ1v) is 9.94. The van der Waals surface area contributed by atoms with Gasteiger partial charge in [0, 0.05) is 6.20 Å². The summed E-state index contributed by atoms with van der Waals surface area (Å²) in [5.74, 6) is -0.318. The van der Waals surface area contributed by atoms with Crippen molar-refractivity contribution >= 4 is 29.0 Å². The fraction of sp³-hybridized carbons (Fsp3) is 0.190. The zero-order valence-corrected chi connectivity index (χ0v) is 16.0. The van der Waals surface area contributed by atoms with Crippen molar-refractivity contribution in [3.8, 4) is 0 Å². The van der Waals surface area contributed by atoms with Crippen LogP contribution in [0.25, 0.3) is 0 Å². The van der Waals surface area contributed by atoms with Crippen LogP contribution in [0.4, 0.5) is 24.5 Å². The molecule has 148 valence electrons. The fourth-order valence-corrected chi connectivity index (χ4v) is 3.99. The molecule has 3 aromatic rings. The number of benzene rings is 2. The second-order valence-corrected chi connectivity index (χ2v) is 7.44. The lowest BCUT2D eigenvalue weighted by Crippen LogP contribution is -2.28. The number of nitrogens with zero attached hydrogens (tertiary/aromatic N) is 3. The Kier molecular flexibility index (Phi) is 5.27. The fourth-order valence-electron chi connectivity index (χ4n) is 3.31. The molecule has 0 saturated heterocycles. The maximum absolute atomic E-state index is 13.2. The van der Waals surface area contributed by atoms with Gasteiger partial charge in [0.15, 0.2) is 5.16 Å². The highest BCUT2D eigenvalue weighted by atomic mass is 32.2. The number of anilines is 2. The predicted octanol–water partition coefficient (Wildman–Crippen LogP) is 5.05. The van der Waals surface area contributed by atoms with Gasteiger partial charge >= 0.3 is 6.18 Å². The highest BCUT2D eigenvalue weighted by Gasteiger charge is 2.33. The topological polar surface area (TPSA) is 46.1 Å². The van der Waals surface area contributed by atoms with E-state index in [0.29, 0.717) is 0 Å². The molecular formula is C21H16F3N3OS. The lowest BCUT2D eigenvalue weighted by molar-refractivity contribution is -0.141. The summed E-state index contributed by atoms with van der Waals surface area (Å²) in [6.45, 7) is 0. The molecule has 0 N–H and O–H groups in total. The number of hydrogen-bond acceptors (Lipinski definition) is 4. The first-order valence-electron chi connectivity index (χ1n) is 8.95. The van der Waals surface area contributed by atoms with Gasteiger partial charge in [-0.05, 0) is 42.2 Å². The van der Waals surface area contributed by atoms with Crippen LogP contribution in [0.15, 0.2) is 66.0 Å². The monoisotopic (exact) mass is 415 g/mol. The largest absolute Gasteiger partial charge is 0.433 e. The Labute approximate surface area is 169 Å². The average Bonchev–Trinajstić information content (AvgIpc) is 2.88. The smallest absolute Gasteiger partial charge is 0.280 e. The Balaban J connectivity index is 1.62. The Morgan fingerprint density at radius 1 is 0.966 bits per heavy atom. The molecule has 4 rings (SSSR count). The zero-order valence-electron chi connectivity index (χ0n) is 15.2. The number of fused-ring (bicyclic) bond motifs is 2. The molecule has 0 unspecified atom stereocenters. The highest BCUT2D eigenvalue weighted by molar-refractivity contribution is 7.99. The molecule has 0 saturated carbocycles. The van der Waals surface area contributed by atoms with Gasteiger partial charge in [-0.3, -0.25) is 9.69 Å². The number of aromatic nitrogens is 2. The van der Waals surface area contributed by atoms with Crippen LogP contribution < -0.4 is 4.90 Å². The van der Waals surface area contributed by atoms with E-state index in [1.54, 1.807) is 4.90 Å². The summed E-state index contributed by atoms with van der Waals surface area (Å²) in [5.41, 5.74) is 2.68. The van der Waals surface area contributed by atoms with Crippen molar-refractivity contribution in [2.75, 3.05) is 10.7 Å². The Morgan fingerprint density at radius 2 is 1.55 bits per heavy atom. The maximum Gasteiger partial charge on any atom is 0.433 e. The van der Waals surface area contributed by atoms with Crippen molar-refractivity contribution in [1.29, 1.82) is 0 Å². The normalized spacial score (nSPS) is 13.4. The van der Waals surface area contributed by atoms with Crippen molar-refractivity contribution in [3.63, 3.8) is 0 Å². The number of halogens is 3. The number of aryl methyl sites for hydroxylation is 2. The number of carbonyl (C=O) groups excluding carboxylic acids is 1. The summed E-state index contributed by atoms with van der Waals surface area (Å²) in [4.78, 5) is 22.2. The van der Waals surface area contributed by atoms with Gasteiger partial charge in [0.1, 0.15) is 5.69 Å². The van der Waals surface area contributed by atoms with Crippen LogP contribution in [-0.2, 0) is 23.8 Å². The lowest BCUT2D eigenvalue weighted by atomic mass is 10.0. The molecule has 4 nitrogen and oxygen atoms in total. The molecule has 8 heteroatoms. The number of alkyl halides is 3. The molecule has 0 atom stereocenters. The quantitative estimate of drug-likeness (QED) is 0.444. The summed E-state index contributed by atoms with van der Waals surface area (Å²) in [7, 11) is 0. The molecule has 1 amide bonds. The number of carbonyl (C=O) groups is 1. The summed E-state index contributed by atoms with van der Waals surface area (Å²) >= 11 is 0.895. The first-order chi connectivity index (χ1) is 13.9. The number of para-hydroxylation sites is 2. The van der Waals surface area contributed by atoms with Crippen LogP contribution in [0.2, 0.25) is 0 Å². The minimum atomic E-state index is -4.55. The Bertz CT molecular complexity index is 1010. The standard InChI is InChI=1S/C21H16F3N3OS/c22-21(23,24)18-11-12-25-20(26-18)29-13-19(28)27-16-7-3-1-5-14(16)9-10-15-6-2-4-8-17(15)27/h1-8,11-12H,9-10,13H2. The molecule has 0 aliphatic carbocycles. The van der Waals surface area contributed by atoms with Crippen LogP contribution in [0.5, 0.6) is 0 Å². The molecule has 2 heterocycles. The van der Waals surface area contributed by atoms with E-state index in [-0.39, 0.29) is 16.8 Å². The van der Waals surface area contributed by atoms with Crippen LogP contribution in [0, 0.1) is 0 Å². The molecule has 0 spiro atoms. The third kappa shape index (κ3) is 4.12. The van der Waals surface area contributed by atoms with Crippen molar-refractivity contribution < 1.29 is 18.0 Å². The van der Waals surface area contributed by atoms with Gasteiger partial charge in [-0.25, -0.2) is 9.97 Å². The van der Waals surface area contributed by atoms with E-state index in [1.807, 2.05) is 48.5 Å². The van der Waals surface area contributed by atoms with E-state index in [1.165, 1.54) is 0 Å². The number of hydrogen-bond donors (Lipinski definition) is 0. The van der Waals surface area contributed by atoms with Gasteiger partial charge in [-0.2, -0.15) is 13.2 Å². The lowest BCUT2D eigenvalue weighted by Gasteiger charge is -2.24. The second-order valence-electron chi connectivity index (χ2n) is 6.50. The minimum absolute atomic E-state index is 0.0791. The predicted molar refractivity (Wildman–Crippen MR) is 105 cm³/mol. The zero-order chi connectivity index (χ0) is 20.4. The number of thioether (sulfide) groups is 1. The van der Waals surface area contributed by atoms with Crippen LogP contribution in [0.3, 0.4) is 0 Å². The molecule has 1 aliphatic heterocycles. The Hall–Kier alpha value is -2.87. The van der Waals surface area contributed by atoms with Crippen molar-refractivity contribution in [3.05, 3.63) is 77.6 Å². The van der Waals surface area contributed by atoms with E-state index in [4.69, 9.17) is 0 Å². The van der Waals surface area contributed by atoms with Gasteiger partial charge in [-0.15, -0.1) is 0 Å². The van der Waals surface area contributed by atoms with E-state index < -0.39 is 11.9 Å². The van der Waals surface area contributed by atoms with Gasteiger partial charge < -0.3 is 0 Å². The molecule has 0 bridgehead atoms. The van der Waals surface area contributed by atoms with E-state index in [9.17, 15) is 18.0 Å². The van der Waals surface area contributed by atoms with Gasteiger partial charge in [0.2, 0.25) is 5.91 Å². The van der Waals surface area contributed by atoms with Crippen molar-refractivity contribution in [2.24, 2.45) is 0 Å². The maximum atomic E-state index is 13.2. The van der Waals surface area contributed by atoms with Crippen molar-refractivity contribution in [2.45, 2.75) is 24.2 Å². The number of rotatable bonds is 3. The van der Waals surface area contributed by atoms with E-state index >= 15 is 0 Å². The molecule has 1 aromatic heterocycles. The van der Waals surface area contributed by atoms with Gasteiger partial charge in [-0.1, -0.05) is 48.2 Å². The number of amides is 1. The van der Waals surface area contributed by atoms with Gasteiger partial charge in [0.25, 0.3) is 0 Å². The summed E-state index contributed by atoms with van der Waals surface area (Å²) in [6.07, 6.45) is -1.88. The Morgan fingerprint density at radius 3 is 2.14 bits per heavy atom. The molecule has 0 fully saturated rings. The third-order valence-electron chi connectivity index (χ3n) is 4.63. The second kappa shape index (κ2) is 7.87. The average molecular weight is 415 g/mol. The van der Waals surface area contributed by atoms with Crippen molar-refractivity contribution in [1.82, 2.24) is 9.97 Å². The summed E-state index contributed by atoms with van der Waals surface area (Å²) in [6, 6.07) is 16.2.